The van der Waals surface area contributed by atoms with E-state index in [4.69, 9.17) is 28.4 Å². The first-order valence-electron chi connectivity index (χ1n) is 4.03. The highest BCUT2D eigenvalue weighted by atomic mass is 17.1. The average molecular weight is 234 g/mol. The fourth-order valence-corrected chi connectivity index (χ4v) is 1.10. The molecule has 0 aliphatic rings. The lowest BCUT2D eigenvalue weighted by Crippen LogP contribution is -2.61. The van der Waals surface area contributed by atoms with Gasteiger partial charge in [-0.05, 0) is 5.31 Å². The molecule has 90 valence electrons. The minimum absolute atomic E-state index is 0.889. The molecular weight excluding hydrogens is 223 g/mol. The van der Waals surface area contributed by atoms with E-state index >= 15 is 0 Å². The molecule has 0 bridgehead atoms. The van der Waals surface area contributed by atoms with E-state index in [1.807, 2.05) is 0 Å². The smallest absolute Gasteiger partial charge is 0.338 e. The van der Waals surface area contributed by atoms with Crippen LogP contribution < -0.4 is 0 Å². The highest BCUT2D eigenvalue weighted by Crippen LogP contribution is 2.38. The largest absolute Gasteiger partial charge is 0.479 e. The fraction of sp³-hybridized carbons (Fsp3) is 0.714. The Morgan fingerprint density at radius 2 is 1.88 bits per heavy atom. The lowest BCUT2D eigenvalue weighted by molar-refractivity contribution is -0.262. The molecule has 0 rings (SSSR count). The summed E-state index contributed by atoms with van der Waals surface area (Å²) in [5.41, 5.74) is -3.21. The molecule has 0 saturated heterocycles. The highest BCUT2D eigenvalue weighted by molar-refractivity contribution is 6.19. The standard InChI is InChI=1S/C7H11BO8/c1-6(8,2-16-15)7(14,5(12)13)3(9)4(10)11/h3,9,14-15H,2H2,1H3,(H,10,11)(H,12,13). The van der Waals surface area contributed by atoms with Crippen molar-refractivity contribution in [2.24, 2.45) is 0 Å². The second kappa shape index (κ2) is 4.79. The summed E-state index contributed by atoms with van der Waals surface area (Å²) in [7, 11) is 5.31. The van der Waals surface area contributed by atoms with Gasteiger partial charge in [0.25, 0.3) is 0 Å². The van der Waals surface area contributed by atoms with Gasteiger partial charge >= 0.3 is 11.9 Å². The van der Waals surface area contributed by atoms with E-state index in [2.05, 4.69) is 4.89 Å². The number of carboxylic acids is 2. The second-order valence-corrected chi connectivity index (χ2v) is 3.50. The Bertz CT molecular complexity index is 290. The molecule has 2 radical (unpaired) electrons. The number of hydrogen-bond donors (Lipinski definition) is 5. The first-order valence-corrected chi connectivity index (χ1v) is 4.03. The van der Waals surface area contributed by atoms with E-state index < -0.39 is 35.6 Å². The first-order chi connectivity index (χ1) is 7.11. The number of carbonyl (C=O) groups is 2. The minimum Gasteiger partial charge on any atom is -0.479 e. The molecule has 0 spiro atoms. The van der Waals surface area contributed by atoms with Gasteiger partial charge in [0.15, 0.2) is 11.7 Å². The molecule has 16 heavy (non-hydrogen) atoms. The quantitative estimate of drug-likeness (QED) is 0.203. The summed E-state index contributed by atoms with van der Waals surface area (Å²) in [5.74, 6) is -4.02. The molecule has 0 fully saturated rings. The van der Waals surface area contributed by atoms with Crippen LogP contribution in [0.15, 0.2) is 0 Å². The van der Waals surface area contributed by atoms with Crippen molar-refractivity contribution in [1.29, 1.82) is 0 Å². The number of aliphatic hydroxyl groups excluding tert-OH is 1. The summed E-state index contributed by atoms with van der Waals surface area (Å²) in [4.78, 5) is 24.8. The summed E-state index contributed by atoms with van der Waals surface area (Å²) in [6.07, 6.45) is -2.67. The number of carboxylic acid groups (broad SMARTS) is 2. The van der Waals surface area contributed by atoms with Crippen molar-refractivity contribution < 1.29 is 40.2 Å². The molecule has 0 aromatic carbocycles. The molecule has 0 aliphatic carbocycles. The maximum atomic E-state index is 10.8. The number of aliphatic carboxylic acids is 2. The minimum atomic E-state index is -3.21. The van der Waals surface area contributed by atoms with Gasteiger partial charge in [0.05, 0.1) is 14.5 Å². The van der Waals surface area contributed by atoms with E-state index in [0.717, 1.165) is 6.92 Å². The van der Waals surface area contributed by atoms with Gasteiger partial charge in [-0.25, -0.2) is 14.5 Å². The fourth-order valence-electron chi connectivity index (χ4n) is 1.10. The first kappa shape index (κ1) is 14.8. The van der Waals surface area contributed by atoms with Crippen LogP contribution in [0.2, 0.25) is 5.31 Å². The molecule has 3 unspecified atom stereocenters. The SMILES string of the molecule is [B]C(C)(COO)C(O)(C(=O)O)C(O)C(=O)O. The summed E-state index contributed by atoms with van der Waals surface area (Å²) in [5, 5.41) is 41.9. The summed E-state index contributed by atoms with van der Waals surface area (Å²) in [6.45, 7) is 0.0175. The summed E-state index contributed by atoms with van der Waals surface area (Å²) in [6, 6.07) is 0. The van der Waals surface area contributed by atoms with Gasteiger partial charge in [-0.15, -0.1) is 0 Å². The molecule has 0 heterocycles. The predicted octanol–water partition coefficient (Wildman–Crippen LogP) is -1.92. The van der Waals surface area contributed by atoms with Crippen LogP contribution in [0.5, 0.6) is 0 Å². The van der Waals surface area contributed by atoms with E-state index in [9.17, 15) is 14.7 Å². The highest BCUT2D eigenvalue weighted by Gasteiger charge is 2.58. The Balaban J connectivity index is 5.42. The monoisotopic (exact) mass is 234 g/mol. The van der Waals surface area contributed by atoms with Gasteiger partial charge in [0.1, 0.15) is 0 Å². The van der Waals surface area contributed by atoms with Crippen LogP contribution in [-0.2, 0) is 14.5 Å². The van der Waals surface area contributed by atoms with Crippen LogP contribution in [0.1, 0.15) is 6.92 Å². The zero-order valence-corrected chi connectivity index (χ0v) is 8.32. The van der Waals surface area contributed by atoms with Crippen molar-refractivity contribution in [3.05, 3.63) is 0 Å². The van der Waals surface area contributed by atoms with Crippen molar-refractivity contribution in [1.82, 2.24) is 0 Å². The van der Waals surface area contributed by atoms with Crippen LogP contribution in [0.3, 0.4) is 0 Å². The molecular formula is C7H11BO8. The van der Waals surface area contributed by atoms with Crippen molar-refractivity contribution in [2.45, 2.75) is 23.9 Å². The number of aliphatic hydroxyl groups is 2. The molecule has 0 aromatic heterocycles. The Kier molecular flexibility index (Phi) is 4.44. The molecule has 5 N–H and O–H groups in total. The van der Waals surface area contributed by atoms with Crippen molar-refractivity contribution in [3.8, 4) is 0 Å². The lowest BCUT2D eigenvalue weighted by atomic mass is 9.58. The molecule has 0 aromatic rings. The average Bonchev–Trinajstić information content (AvgIpc) is 2.14. The molecule has 0 aliphatic heterocycles. The summed E-state index contributed by atoms with van der Waals surface area (Å²) < 4.78 is 0. The Morgan fingerprint density at radius 3 is 2.12 bits per heavy atom. The van der Waals surface area contributed by atoms with E-state index in [1.54, 1.807) is 0 Å². The Hall–Kier alpha value is -1.16. The molecule has 8 nitrogen and oxygen atoms in total. The predicted molar refractivity (Wildman–Crippen MR) is 48.9 cm³/mol. The third-order valence-corrected chi connectivity index (χ3v) is 2.19. The van der Waals surface area contributed by atoms with Crippen LogP contribution in [0.25, 0.3) is 0 Å². The van der Waals surface area contributed by atoms with Gasteiger partial charge < -0.3 is 20.4 Å². The normalized spacial score (nSPS) is 20.5. The van der Waals surface area contributed by atoms with Crippen LogP contribution in [-0.4, -0.2) is 63.8 Å². The number of rotatable bonds is 6. The van der Waals surface area contributed by atoms with Gasteiger partial charge in [-0.3, -0.25) is 5.26 Å². The Labute approximate surface area is 91.4 Å². The van der Waals surface area contributed by atoms with Crippen LogP contribution in [0, 0.1) is 0 Å². The third-order valence-electron chi connectivity index (χ3n) is 2.19. The third kappa shape index (κ3) is 2.32. The maximum Gasteiger partial charge on any atom is 0.338 e. The molecule has 0 amide bonds. The van der Waals surface area contributed by atoms with E-state index in [-0.39, 0.29) is 0 Å². The molecule has 0 saturated carbocycles. The maximum absolute atomic E-state index is 10.8. The Morgan fingerprint density at radius 1 is 1.44 bits per heavy atom. The van der Waals surface area contributed by atoms with E-state index in [1.165, 1.54) is 0 Å². The van der Waals surface area contributed by atoms with Crippen LogP contribution in [0.4, 0.5) is 0 Å². The van der Waals surface area contributed by atoms with Crippen LogP contribution >= 0.6 is 0 Å². The van der Waals surface area contributed by atoms with Crippen molar-refractivity contribution in [3.63, 3.8) is 0 Å². The van der Waals surface area contributed by atoms with Crippen molar-refractivity contribution in [2.75, 3.05) is 6.61 Å². The van der Waals surface area contributed by atoms with Gasteiger partial charge in [0.2, 0.25) is 0 Å². The topological polar surface area (TPSA) is 145 Å². The lowest BCUT2D eigenvalue weighted by Gasteiger charge is -2.40. The summed E-state index contributed by atoms with van der Waals surface area (Å²) >= 11 is 0. The second-order valence-electron chi connectivity index (χ2n) is 3.50. The van der Waals surface area contributed by atoms with Gasteiger partial charge in [0, 0.05) is 0 Å². The zero-order chi connectivity index (χ0) is 13.1. The number of hydrogen-bond acceptors (Lipinski definition) is 6. The van der Waals surface area contributed by atoms with Crippen molar-refractivity contribution >= 4 is 19.8 Å². The molecule has 3 atom stereocenters. The van der Waals surface area contributed by atoms with Gasteiger partial charge in [-0.2, -0.15) is 0 Å². The van der Waals surface area contributed by atoms with E-state index in [0.29, 0.717) is 0 Å². The molecule has 9 heteroatoms. The zero-order valence-electron chi connectivity index (χ0n) is 8.32. The van der Waals surface area contributed by atoms with Gasteiger partial charge in [-0.1, -0.05) is 6.92 Å².